The van der Waals surface area contributed by atoms with Crippen LogP contribution in [0.2, 0.25) is 10.0 Å². The van der Waals surface area contributed by atoms with Gasteiger partial charge in [0.1, 0.15) is 0 Å². The molecule has 1 heterocycles. The van der Waals surface area contributed by atoms with Gasteiger partial charge in [0.2, 0.25) is 5.91 Å². The van der Waals surface area contributed by atoms with Crippen LogP contribution in [0.5, 0.6) is 0 Å². The van der Waals surface area contributed by atoms with Gasteiger partial charge in [0, 0.05) is 35.6 Å². The molecular weight excluding hydrogens is 331 g/mol. The van der Waals surface area contributed by atoms with Crippen molar-refractivity contribution in [1.82, 2.24) is 10.2 Å². The first-order chi connectivity index (χ1) is 11.1. The Balaban J connectivity index is 1.69. The number of hydrogen-bond donors (Lipinski definition) is 1. The lowest BCUT2D eigenvalue weighted by molar-refractivity contribution is -0.122. The number of amides is 1. The summed E-state index contributed by atoms with van der Waals surface area (Å²) >= 11 is 12.0. The van der Waals surface area contributed by atoms with E-state index in [0.29, 0.717) is 28.9 Å². The Labute approximate surface area is 149 Å². The molecule has 0 spiro atoms. The Bertz CT molecular complexity index is 514. The molecule has 1 saturated heterocycles. The first kappa shape index (κ1) is 18.6. The number of rotatable bonds is 7. The number of piperidine rings is 1. The minimum absolute atomic E-state index is 0.114. The SMILES string of the molecule is CCCCN1CCC(NC(=O)CCc2ccc(Cl)cc2Cl)CC1. The molecule has 1 aliphatic heterocycles. The van der Waals surface area contributed by atoms with Crippen molar-refractivity contribution in [2.24, 2.45) is 0 Å². The zero-order chi connectivity index (χ0) is 16.7. The molecule has 0 saturated carbocycles. The summed E-state index contributed by atoms with van der Waals surface area (Å²) in [6.07, 6.45) is 5.73. The fourth-order valence-electron chi connectivity index (χ4n) is 2.96. The van der Waals surface area contributed by atoms with E-state index in [2.05, 4.69) is 17.1 Å². The van der Waals surface area contributed by atoms with E-state index in [0.717, 1.165) is 31.5 Å². The topological polar surface area (TPSA) is 32.3 Å². The lowest BCUT2D eigenvalue weighted by Gasteiger charge is -2.32. The molecule has 0 aromatic heterocycles. The van der Waals surface area contributed by atoms with Gasteiger partial charge in [-0.2, -0.15) is 0 Å². The molecule has 3 nitrogen and oxygen atoms in total. The Kier molecular flexibility index (Phi) is 7.68. The maximum Gasteiger partial charge on any atom is 0.220 e. The summed E-state index contributed by atoms with van der Waals surface area (Å²) in [4.78, 5) is 14.6. The third kappa shape index (κ3) is 6.33. The van der Waals surface area contributed by atoms with Crippen LogP contribution in [0.15, 0.2) is 18.2 Å². The van der Waals surface area contributed by atoms with Crippen molar-refractivity contribution in [2.75, 3.05) is 19.6 Å². The van der Waals surface area contributed by atoms with Gasteiger partial charge in [0.25, 0.3) is 0 Å². The highest BCUT2D eigenvalue weighted by atomic mass is 35.5. The lowest BCUT2D eigenvalue weighted by Crippen LogP contribution is -2.44. The van der Waals surface area contributed by atoms with Crippen LogP contribution in [-0.2, 0) is 11.2 Å². The summed E-state index contributed by atoms with van der Waals surface area (Å²) in [5.74, 6) is 0.114. The zero-order valence-electron chi connectivity index (χ0n) is 13.8. The average molecular weight is 357 g/mol. The fraction of sp³-hybridized carbons (Fsp3) is 0.611. The Morgan fingerprint density at radius 1 is 1.30 bits per heavy atom. The first-order valence-electron chi connectivity index (χ1n) is 8.54. The van der Waals surface area contributed by atoms with Crippen molar-refractivity contribution in [2.45, 2.75) is 51.5 Å². The Hall–Kier alpha value is -0.770. The quantitative estimate of drug-likeness (QED) is 0.789. The van der Waals surface area contributed by atoms with Gasteiger partial charge >= 0.3 is 0 Å². The molecule has 1 aromatic carbocycles. The molecule has 1 N–H and O–H groups in total. The second-order valence-corrected chi connectivity index (χ2v) is 7.12. The van der Waals surface area contributed by atoms with Gasteiger partial charge in [-0.1, -0.05) is 42.6 Å². The number of nitrogens with one attached hydrogen (secondary N) is 1. The Morgan fingerprint density at radius 3 is 2.70 bits per heavy atom. The fourth-order valence-corrected chi connectivity index (χ4v) is 3.46. The van der Waals surface area contributed by atoms with E-state index in [-0.39, 0.29) is 5.91 Å². The highest BCUT2D eigenvalue weighted by Gasteiger charge is 2.20. The van der Waals surface area contributed by atoms with Crippen LogP contribution in [0.4, 0.5) is 0 Å². The number of aryl methyl sites for hydroxylation is 1. The summed E-state index contributed by atoms with van der Waals surface area (Å²) in [5.41, 5.74) is 0.973. The molecule has 1 aromatic rings. The summed E-state index contributed by atoms with van der Waals surface area (Å²) in [6, 6.07) is 5.75. The predicted molar refractivity (Wildman–Crippen MR) is 97.3 cm³/mol. The maximum absolute atomic E-state index is 12.1. The minimum Gasteiger partial charge on any atom is -0.353 e. The highest BCUT2D eigenvalue weighted by Crippen LogP contribution is 2.22. The standard InChI is InChI=1S/C18H26Cl2N2O/c1-2-3-10-22-11-8-16(9-12-22)21-18(23)7-5-14-4-6-15(19)13-17(14)20/h4,6,13,16H,2-3,5,7-12H2,1H3,(H,21,23). The van der Waals surface area contributed by atoms with E-state index in [1.165, 1.54) is 19.4 Å². The van der Waals surface area contributed by atoms with Crippen molar-refractivity contribution < 1.29 is 4.79 Å². The molecule has 1 amide bonds. The number of carbonyl (C=O) groups is 1. The van der Waals surface area contributed by atoms with Crippen molar-refractivity contribution in [3.05, 3.63) is 33.8 Å². The van der Waals surface area contributed by atoms with Crippen LogP contribution >= 0.6 is 23.2 Å². The van der Waals surface area contributed by atoms with Gasteiger partial charge in [0.05, 0.1) is 0 Å². The molecule has 5 heteroatoms. The number of halogens is 2. The number of benzene rings is 1. The van der Waals surface area contributed by atoms with Gasteiger partial charge in [-0.15, -0.1) is 0 Å². The third-order valence-corrected chi connectivity index (χ3v) is 5.00. The minimum atomic E-state index is 0.114. The van der Waals surface area contributed by atoms with E-state index >= 15 is 0 Å². The molecule has 1 aliphatic rings. The molecule has 2 rings (SSSR count). The molecule has 0 aliphatic carbocycles. The van der Waals surface area contributed by atoms with E-state index < -0.39 is 0 Å². The van der Waals surface area contributed by atoms with Crippen LogP contribution in [0.25, 0.3) is 0 Å². The van der Waals surface area contributed by atoms with Crippen molar-refractivity contribution in [3.63, 3.8) is 0 Å². The van der Waals surface area contributed by atoms with Crippen molar-refractivity contribution in [1.29, 1.82) is 0 Å². The zero-order valence-corrected chi connectivity index (χ0v) is 15.3. The first-order valence-corrected chi connectivity index (χ1v) is 9.29. The molecule has 128 valence electrons. The number of likely N-dealkylation sites (tertiary alicyclic amines) is 1. The second kappa shape index (κ2) is 9.51. The second-order valence-electron chi connectivity index (χ2n) is 6.27. The largest absolute Gasteiger partial charge is 0.353 e. The summed E-state index contributed by atoms with van der Waals surface area (Å²) in [5, 5.41) is 4.42. The van der Waals surface area contributed by atoms with Gasteiger partial charge in [-0.25, -0.2) is 0 Å². The Morgan fingerprint density at radius 2 is 2.04 bits per heavy atom. The molecule has 1 fully saturated rings. The van der Waals surface area contributed by atoms with Crippen LogP contribution in [0, 0.1) is 0 Å². The predicted octanol–water partition coefficient (Wildman–Crippen LogP) is 4.31. The smallest absolute Gasteiger partial charge is 0.220 e. The van der Waals surface area contributed by atoms with E-state index in [1.807, 2.05) is 12.1 Å². The monoisotopic (exact) mass is 356 g/mol. The van der Waals surface area contributed by atoms with Crippen LogP contribution in [0.1, 0.15) is 44.6 Å². The maximum atomic E-state index is 12.1. The number of hydrogen-bond acceptors (Lipinski definition) is 2. The number of carbonyl (C=O) groups excluding carboxylic acids is 1. The summed E-state index contributed by atoms with van der Waals surface area (Å²) in [6.45, 7) is 5.59. The van der Waals surface area contributed by atoms with E-state index in [4.69, 9.17) is 23.2 Å². The number of nitrogens with zero attached hydrogens (tertiary/aromatic N) is 1. The number of unbranched alkanes of at least 4 members (excludes halogenated alkanes) is 1. The third-order valence-electron chi connectivity index (χ3n) is 4.42. The summed E-state index contributed by atoms with van der Waals surface area (Å²) < 4.78 is 0. The van der Waals surface area contributed by atoms with E-state index in [1.54, 1.807) is 6.07 Å². The van der Waals surface area contributed by atoms with Gasteiger partial charge in [0.15, 0.2) is 0 Å². The highest BCUT2D eigenvalue weighted by molar-refractivity contribution is 6.35. The van der Waals surface area contributed by atoms with Crippen LogP contribution in [0.3, 0.4) is 0 Å². The van der Waals surface area contributed by atoms with Crippen LogP contribution in [-0.4, -0.2) is 36.5 Å². The molecule has 0 radical (unpaired) electrons. The molecule has 0 atom stereocenters. The normalized spacial score (nSPS) is 16.5. The van der Waals surface area contributed by atoms with Crippen molar-refractivity contribution in [3.8, 4) is 0 Å². The lowest BCUT2D eigenvalue weighted by atomic mass is 10.0. The average Bonchev–Trinajstić information content (AvgIpc) is 2.53. The molecule has 23 heavy (non-hydrogen) atoms. The summed E-state index contributed by atoms with van der Waals surface area (Å²) in [7, 11) is 0. The van der Waals surface area contributed by atoms with Gasteiger partial charge in [-0.3, -0.25) is 4.79 Å². The van der Waals surface area contributed by atoms with Crippen molar-refractivity contribution >= 4 is 29.1 Å². The van der Waals surface area contributed by atoms with Gasteiger partial charge < -0.3 is 10.2 Å². The van der Waals surface area contributed by atoms with Gasteiger partial charge in [-0.05, 0) is 49.9 Å². The van der Waals surface area contributed by atoms with E-state index in [9.17, 15) is 4.79 Å². The molecule has 0 unspecified atom stereocenters. The van der Waals surface area contributed by atoms with Crippen LogP contribution < -0.4 is 5.32 Å². The molecular formula is C18H26Cl2N2O. The molecule has 0 bridgehead atoms.